The smallest absolute Gasteiger partial charge is 0.338 e. The lowest BCUT2D eigenvalue weighted by Crippen LogP contribution is -2.41. The van der Waals surface area contributed by atoms with Gasteiger partial charge in [-0.05, 0) is 63.1 Å². The van der Waals surface area contributed by atoms with E-state index in [-0.39, 0.29) is 30.7 Å². The van der Waals surface area contributed by atoms with Crippen LogP contribution in [0.3, 0.4) is 0 Å². The Morgan fingerprint density at radius 1 is 1.03 bits per heavy atom. The first-order valence-electron chi connectivity index (χ1n) is 12.2. The first-order valence-corrected chi connectivity index (χ1v) is 13.0. The lowest BCUT2D eigenvalue weighted by atomic mass is 10.1. The zero-order valence-electron chi connectivity index (χ0n) is 21.6. The van der Waals surface area contributed by atoms with Crippen molar-refractivity contribution in [1.82, 2.24) is 5.32 Å². The molecule has 4 rings (SSSR count). The highest BCUT2D eigenvalue weighted by Crippen LogP contribution is 2.29. The van der Waals surface area contributed by atoms with Crippen LogP contribution in [-0.2, 0) is 16.1 Å². The molecule has 1 fully saturated rings. The molecule has 7 nitrogen and oxygen atoms in total. The molecule has 1 saturated heterocycles. The molecule has 0 aliphatic carbocycles. The van der Waals surface area contributed by atoms with Crippen molar-refractivity contribution in [2.24, 2.45) is 0 Å². The monoisotopic (exact) mass is 600 g/mol. The molecule has 3 aromatic rings. The number of nitrogens with zero attached hydrogens (tertiary/aromatic N) is 1. The molecule has 1 N–H and O–H groups in total. The van der Waals surface area contributed by atoms with E-state index in [4.69, 9.17) is 9.47 Å². The minimum atomic E-state index is -1.03. The third kappa shape index (κ3) is 7.00. The van der Waals surface area contributed by atoms with Crippen LogP contribution in [0.2, 0.25) is 0 Å². The number of carbonyl (C=O) groups is 3. The van der Waals surface area contributed by atoms with E-state index in [0.29, 0.717) is 10.2 Å². The summed E-state index contributed by atoms with van der Waals surface area (Å²) >= 11 is 3.36. The van der Waals surface area contributed by atoms with Crippen LogP contribution in [0.25, 0.3) is 0 Å². The molecule has 0 saturated carbocycles. The first-order chi connectivity index (χ1) is 18.4. The van der Waals surface area contributed by atoms with Crippen LogP contribution in [0.5, 0.6) is 5.75 Å². The van der Waals surface area contributed by atoms with Crippen LogP contribution in [0.4, 0.5) is 14.5 Å². The molecule has 10 heteroatoms. The summed E-state index contributed by atoms with van der Waals surface area (Å²) in [5.74, 6) is -4.40. The molecule has 1 unspecified atom stereocenters. The predicted molar refractivity (Wildman–Crippen MR) is 145 cm³/mol. The Kier molecular flexibility index (Phi) is 8.34. The van der Waals surface area contributed by atoms with Gasteiger partial charge in [-0.1, -0.05) is 46.3 Å². The van der Waals surface area contributed by atoms with Crippen molar-refractivity contribution in [2.75, 3.05) is 11.4 Å². The van der Waals surface area contributed by atoms with E-state index >= 15 is 0 Å². The lowest BCUT2D eigenvalue weighted by Gasteiger charge is -2.21. The number of hydrogen-bond donors (Lipinski definition) is 1. The molecule has 2 amide bonds. The molecular weight excluding hydrogens is 574 g/mol. The van der Waals surface area contributed by atoms with E-state index in [0.717, 1.165) is 17.7 Å². The fraction of sp³-hybridized carbons (Fsp3) is 0.276. The van der Waals surface area contributed by atoms with Crippen LogP contribution in [0.15, 0.2) is 65.1 Å². The molecule has 39 heavy (non-hydrogen) atoms. The average Bonchev–Trinajstić information content (AvgIpc) is 3.22. The highest BCUT2D eigenvalue weighted by atomic mass is 79.9. The van der Waals surface area contributed by atoms with Gasteiger partial charge in [-0.3, -0.25) is 9.59 Å². The summed E-state index contributed by atoms with van der Waals surface area (Å²) in [6, 6.07) is 14.5. The maximum absolute atomic E-state index is 14.6. The number of halogens is 3. The van der Waals surface area contributed by atoms with Gasteiger partial charge in [0.2, 0.25) is 5.91 Å². The minimum absolute atomic E-state index is 0.0438. The summed E-state index contributed by atoms with van der Waals surface area (Å²) in [6.07, 6.45) is 0.266. The van der Waals surface area contributed by atoms with Crippen LogP contribution in [0, 0.1) is 11.6 Å². The number of benzene rings is 3. The van der Waals surface area contributed by atoms with Crippen molar-refractivity contribution in [3.8, 4) is 5.75 Å². The topological polar surface area (TPSA) is 84.9 Å². The Morgan fingerprint density at radius 3 is 2.33 bits per heavy atom. The van der Waals surface area contributed by atoms with E-state index < -0.39 is 46.8 Å². The number of nitrogens with one attached hydrogen (secondary N) is 1. The second-order valence-corrected chi connectivity index (χ2v) is 11.0. The molecule has 0 spiro atoms. The number of amides is 2. The third-order valence-corrected chi connectivity index (χ3v) is 6.28. The summed E-state index contributed by atoms with van der Waals surface area (Å²) in [5, 5.41) is 2.55. The molecule has 1 aliphatic rings. The predicted octanol–water partition coefficient (Wildman–Crippen LogP) is 5.80. The number of carbonyl (C=O) groups excluding carboxylic acids is 3. The number of anilines is 1. The van der Waals surface area contributed by atoms with Gasteiger partial charge in [0.15, 0.2) is 17.4 Å². The molecule has 204 valence electrons. The Labute approximate surface area is 233 Å². The van der Waals surface area contributed by atoms with Gasteiger partial charge in [0.1, 0.15) is 18.2 Å². The van der Waals surface area contributed by atoms with Crippen molar-refractivity contribution in [2.45, 2.75) is 45.4 Å². The summed E-state index contributed by atoms with van der Waals surface area (Å²) in [4.78, 5) is 39.9. The Balaban J connectivity index is 1.44. The zero-order valence-corrected chi connectivity index (χ0v) is 23.2. The van der Waals surface area contributed by atoms with Crippen LogP contribution >= 0.6 is 15.9 Å². The fourth-order valence-electron chi connectivity index (χ4n) is 4.06. The maximum atomic E-state index is 14.6. The van der Waals surface area contributed by atoms with Crippen LogP contribution in [0.1, 0.15) is 53.5 Å². The summed E-state index contributed by atoms with van der Waals surface area (Å²) in [7, 11) is 0. The largest absolute Gasteiger partial charge is 0.483 e. The van der Waals surface area contributed by atoms with Gasteiger partial charge in [-0.25, -0.2) is 13.6 Å². The van der Waals surface area contributed by atoms with Gasteiger partial charge in [-0.2, -0.15) is 0 Å². The Morgan fingerprint density at radius 2 is 1.69 bits per heavy atom. The molecule has 0 aromatic heterocycles. The van der Waals surface area contributed by atoms with Crippen molar-refractivity contribution in [3.05, 3.63) is 93.5 Å². The summed E-state index contributed by atoms with van der Waals surface area (Å²) < 4.78 is 40.5. The van der Waals surface area contributed by atoms with Crippen molar-refractivity contribution < 1.29 is 32.6 Å². The number of hydrogen-bond acceptors (Lipinski definition) is 5. The van der Waals surface area contributed by atoms with Crippen molar-refractivity contribution in [1.29, 1.82) is 0 Å². The lowest BCUT2D eigenvalue weighted by molar-refractivity contribution is -0.118. The highest BCUT2D eigenvalue weighted by molar-refractivity contribution is 9.10. The fourth-order valence-corrected chi connectivity index (χ4v) is 4.54. The third-order valence-electron chi connectivity index (χ3n) is 5.83. The molecule has 0 bridgehead atoms. The first kappa shape index (κ1) is 28.2. The Hall–Kier alpha value is -3.79. The molecule has 0 radical (unpaired) electrons. The van der Waals surface area contributed by atoms with Gasteiger partial charge >= 0.3 is 5.97 Å². The molecule has 1 aliphatic heterocycles. The van der Waals surface area contributed by atoms with E-state index in [2.05, 4.69) is 21.2 Å². The molecular formula is C29H27BrF2N2O5. The number of rotatable bonds is 7. The molecule has 1 atom stereocenters. The number of esters is 1. The molecule has 3 aromatic carbocycles. The van der Waals surface area contributed by atoms with Gasteiger partial charge in [0.25, 0.3) is 5.91 Å². The van der Waals surface area contributed by atoms with Crippen molar-refractivity contribution >= 4 is 39.4 Å². The van der Waals surface area contributed by atoms with Gasteiger partial charge < -0.3 is 19.7 Å². The van der Waals surface area contributed by atoms with Crippen LogP contribution in [-0.4, -0.2) is 36.0 Å². The maximum Gasteiger partial charge on any atom is 0.338 e. The van der Waals surface area contributed by atoms with E-state index in [9.17, 15) is 23.2 Å². The van der Waals surface area contributed by atoms with E-state index in [1.54, 1.807) is 63.2 Å². The standard InChI is InChI=1S/C29H27BrF2N2O5/c1-29(2,3)39-28(37)19-11-20(30)15-21(12-19)34-10-9-24(27(34)36)33-26(35)18-13-22(31)25(23(32)14-18)38-16-17-7-5-4-6-8-17/h4-8,11-15,24H,9-10,16H2,1-3H3,(H,33,35). The second kappa shape index (κ2) is 11.5. The van der Waals surface area contributed by atoms with Crippen molar-refractivity contribution in [3.63, 3.8) is 0 Å². The SMILES string of the molecule is CC(C)(C)OC(=O)c1cc(Br)cc(N2CCC(NC(=O)c3cc(F)c(OCc4ccccc4)c(F)c3)C2=O)c1. The highest BCUT2D eigenvalue weighted by Gasteiger charge is 2.35. The normalized spacial score (nSPS) is 15.3. The summed E-state index contributed by atoms with van der Waals surface area (Å²) in [6.45, 7) is 5.49. The zero-order chi connectivity index (χ0) is 28.3. The van der Waals surface area contributed by atoms with E-state index in [1.165, 1.54) is 4.90 Å². The minimum Gasteiger partial charge on any atom is -0.483 e. The number of ether oxygens (including phenoxy) is 2. The van der Waals surface area contributed by atoms with Gasteiger partial charge in [0.05, 0.1) is 5.56 Å². The van der Waals surface area contributed by atoms with E-state index in [1.807, 2.05) is 6.07 Å². The Bertz CT molecular complexity index is 1390. The van der Waals surface area contributed by atoms with Crippen LogP contribution < -0.4 is 15.0 Å². The second-order valence-electron chi connectivity index (χ2n) is 10.0. The molecule has 1 heterocycles. The van der Waals surface area contributed by atoms with Gasteiger partial charge in [0, 0.05) is 22.3 Å². The quantitative estimate of drug-likeness (QED) is 0.347. The van der Waals surface area contributed by atoms with Gasteiger partial charge in [-0.15, -0.1) is 0 Å². The summed E-state index contributed by atoms with van der Waals surface area (Å²) in [5.41, 5.74) is 0.465. The average molecular weight is 601 g/mol.